The van der Waals surface area contributed by atoms with Gasteiger partial charge in [-0.1, -0.05) is 0 Å². The fraction of sp³-hybridized carbons (Fsp3) is 0.833. The summed E-state index contributed by atoms with van der Waals surface area (Å²) < 4.78 is 10.2. The van der Waals surface area contributed by atoms with Crippen molar-refractivity contribution in [2.45, 2.75) is 45.8 Å². The number of hydrogen-bond acceptors (Lipinski definition) is 4. The molecule has 5 nitrogen and oxygen atoms in total. The first-order valence-corrected chi connectivity index (χ1v) is 5.60. The van der Waals surface area contributed by atoms with Crippen LogP contribution in [0, 0.1) is 0 Å². The maximum Gasteiger partial charge on any atom is 0.411 e. The van der Waals surface area contributed by atoms with Gasteiger partial charge in [-0.3, -0.25) is 4.90 Å². The molecule has 0 aromatic carbocycles. The van der Waals surface area contributed by atoms with E-state index in [1.54, 1.807) is 41.7 Å². The molecule has 0 N–H and O–H groups in total. The van der Waals surface area contributed by atoms with E-state index in [0.717, 1.165) is 6.29 Å². The van der Waals surface area contributed by atoms with Crippen LogP contribution >= 0.6 is 0 Å². The Morgan fingerprint density at radius 3 is 2.12 bits per heavy atom. The predicted molar refractivity (Wildman–Crippen MR) is 65.0 cm³/mol. The largest absolute Gasteiger partial charge is 0.444 e. The Hall–Kier alpha value is -1.10. The molecule has 0 saturated carbocycles. The Labute approximate surface area is 103 Å². The van der Waals surface area contributed by atoms with E-state index >= 15 is 0 Å². The van der Waals surface area contributed by atoms with Crippen LogP contribution in [0.2, 0.25) is 0 Å². The zero-order chi connectivity index (χ0) is 13.7. The van der Waals surface area contributed by atoms with Crippen molar-refractivity contribution in [3.63, 3.8) is 0 Å². The fourth-order valence-corrected chi connectivity index (χ4v) is 1.18. The van der Waals surface area contributed by atoms with Gasteiger partial charge in [0.1, 0.15) is 11.9 Å². The van der Waals surface area contributed by atoms with Gasteiger partial charge in [0.25, 0.3) is 0 Å². The molecule has 0 bridgehead atoms. The standard InChI is InChI=1S/C12H23NO4/c1-11(2,3)17-10(15)13(7-8-16-6)12(4,5)9-14/h9H,7-8H2,1-6H3. The molecule has 0 aromatic rings. The van der Waals surface area contributed by atoms with E-state index in [0.29, 0.717) is 13.2 Å². The van der Waals surface area contributed by atoms with Gasteiger partial charge in [0.05, 0.1) is 12.1 Å². The van der Waals surface area contributed by atoms with Crippen molar-refractivity contribution < 1.29 is 19.1 Å². The second-order valence-electron chi connectivity index (χ2n) is 5.40. The molecule has 0 unspecified atom stereocenters. The lowest BCUT2D eigenvalue weighted by atomic mass is 10.1. The van der Waals surface area contributed by atoms with Crippen molar-refractivity contribution in [3.05, 3.63) is 0 Å². The molecule has 0 aliphatic heterocycles. The number of hydrogen-bond donors (Lipinski definition) is 0. The van der Waals surface area contributed by atoms with Crippen molar-refractivity contribution >= 4 is 12.4 Å². The maximum absolute atomic E-state index is 12.0. The summed E-state index contributed by atoms with van der Waals surface area (Å²) in [5, 5.41) is 0. The smallest absolute Gasteiger partial charge is 0.411 e. The van der Waals surface area contributed by atoms with Crippen molar-refractivity contribution in [1.82, 2.24) is 4.90 Å². The van der Waals surface area contributed by atoms with Crippen LogP contribution in [0.5, 0.6) is 0 Å². The summed E-state index contributed by atoms with van der Waals surface area (Å²) in [6.07, 6.45) is 0.221. The first-order chi connectivity index (χ1) is 7.64. The SMILES string of the molecule is COCCN(C(=O)OC(C)(C)C)C(C)(C)C=O. The Morgan fingerprint density at radius 1 is 1.24 bits per heavy atom. The van der Waals surface area contributed by atoms with Crippen molar-refractivity contribution in [2.75, 3.05) is 20.3 Å². The summed E-state index contributed by atoms with van der Waals surface area (Å²) in [5.74, 6) is 0. The van der Waals surface area contributed by atoms with Gasteiger partial charge >= 0.3 is 6.09 Å². The quantitative estimate of drug-likeness (QED) is 0.694. The lowest BCUT2D eigenvalue weighted by Crippen LogP contribution is -2.51. The van der Waals surface area contributed by atoms with E-state index in [-0.39, 0.29) is 0 Å². The van der Waals surface area contributed by atoms with Gasteiger partial charge in [-0.05, 0) is 34.6 Å². The zero-order valence-corrected chi connectivity index (χ0v) is 11.6. The van der Waals surface area contributed by atoms with E-state index in [1.807, 2.05) is 0 Å². The van der Waals surface area contributed by atoms with Crippen LogP contribution in [0.3, 0.4) is 0 Å². The van der Waals surface area contributed by atoms with Crippen molar-refractivity contribution in [2.24, 2.45) is 0 Å². The molecule has 0 aromatic heterocycles. The summed E-state index contributed by atoms with van der Waals surface area (Å²) in [7, 11) is 1.54. The van der Waals surface area contributed by atoms with Gasteiger partial charge in [-0.25, -0.2) is 4.79 Å². The fourth-order valence-electron chi connectivity index (χ4n) is 1.18. The lowest BCUT2D eigenvalue weighted by molar-refractivity contribution is -0.117. The van der Waals surface area contributed by atoms with E-state index in [2.05, 4.69) is 0 Å². The molecule has 0 aliphatic carbocycles. The third-order valence-corrected chi connectivity index (χ3v) is 2.12. The van der Waals surface area contributed by atoms with Crippen LogP contribution in [0.25, 0.3) is 0 Å². The molecule has 0 heterocycles. The molecule has 0 atom stereocenters. The van der Waals surface area contributed by atoms with E-state index in [9.17, 15) is 9.59 Å². The van der Waals surface area contributed by atoms with E-state index < -0.39 is 17.2 Å². The minimum atomic E-state index is -0.902. The third-order valence-electron chi connectivity index (χ3n) is 2.12. The second kappa shape index (κ2) is 6.00. The van der Waals surface area contributed by atoms with Gasteiger partial charge in [-0.2, -0.15) is 0 Å². The lowest BCUT2D eigenvalue weighted by Gasteiger charge is -2.35. The molecule has 0 saturated heterocycles. The minimum absolute atomic E-state index is 0.317. The highest BCUT2D eigenvalue weighted by molar-refractivity contribution is 5.76. The molecule has 17 heavy (non-hydrogen) atoms. The monoisotopic (exact) mass is 245 g/mol. The predicted octanol–water partition coefficient (Wildman–Crippen LogP) is 1.85. The van der Waals surface area contributed by atoms with Crippen LogP contribution in [0.15, 0.2) is 0 Å². The number of carbonyl (C=O) groups is 2. The average molecular weight is 245 g/mol. The molecule has 0 fully saturated rings. The summed E-state index contributed by atoms with van der Waals surface area (Å²) in [5.41, 5.74) is -1.48. The normalized spacial score (nSPS) is 12.1. The van der Waals surface area contributed by atoms with E-state index in [4.69, 9.17) is 9.47 Å². The van der Waals surface area contributed by atoms with Crippen molar-refractivity contribution in [1.29, 1.82) is 0 Å². The molecule has 5 heteroatoms. The Kier molecular flexibility index (Phi) is 5.61. The summed E-state index contributed by atoms with van der Waals surface area (Å²) in [4.78, 5) is 24.3. The van der Waals surface area contributed by atoms with Crippen LogP contribution in [0.4, 0.5) is 4.79 Å². The molecule has 0 spiro atoms. The number of carbonyl (C=O) groups excluding carboxylic acids is 2. The number of amides is 1. The highest BCUT2D eigenvalue weighted by atomic mass is 16.6. The first-order valence-electron chi connectivity index (χ1n) is 5.60. The topological polar surface area (TPSA) is 55.8 Å². The Balaban J connectivity index is 4.80. The van der Waals surface area contributed by atoms with Gasteiger partial charge in [0.15, 0.2) is 0 Å². The maximum atomic E-state index is 12.0. The van der Waals surface area contributed by atoms with E-state index in [1.165, 1.54) is 4.90 Å². The minimum Gasteiger partial charge on any atom is -0.444 e. The number of nitrogens with zero attached hydrogens (tertiary/aromatic N) is 1. The van der Waals surface area contributed by atoms with Gasteiger partial charge in [0, 0.05) is 13.7 Å². The summed E-state index contributed by atoms with van der Waals surface area (Å²) in [6, 6.07) is 0. The van der Waals surface area contributed by atoms with Crippen LogP contribution in [-0.2, 0) is 14.3 Å². The molecule has 0 aliphatic rings. The zero-order valence-electron chi connectivity index (χ0n) is 11.6. The number of rotatable bonds is 5. The third kappa shape index (κ3) is 5.68. The molecule has 0 rings (SSSR count). The van der Waals surface area contributed by atoms with Gasteiger partial charge < -0.3 is 14.3 Å². The number of methoxy groups -OCH3 is 1. The number of aldehydes is 1. The summed E-state index contributed by atoms with van der Waals surface area (Å²) >= 11 is 0. The Bertz CT molecular complexity index is 268. The Morgan fingerprint density at radius 2 is 1.76 bits per heavy atom. The molecular formula is C12H23NO4. The highest BCUT2D eigenvalue weighted by Gasteiger charge is 2.33. The average Bonchev–Trinajstić information content (AvgIpc) is 2.15. The molecule has 1 amide bonds. The van der Waals surface area contributed by atoms with Crippen LogP contribution in [-0.4, -0.2) is 48.7 Å². The highest BCUT2D eigenvalue weighted by Crippen LogP contribution is 2.17. The van der Waals surface area contributed by atoms with Crippen LogP contribution < -0.4 is 0 Å². The number of ether oxygens (including phenoxy) is 2. The summed E-state index contributed by atoms with van der Waals surface area (Å²) in [6.45, 7) is 9.36. The first kappa shape index (κ1) is 15.9. The van der Waals surface area contributed by atoms with Gasteiger partial charge in [0.2, 0.25) is 0 Å². The molecule has 100 valence electrons. The van der Waals surface area contributed by atoms with Gasteiger partial charge in [-0.15, -0.1) is 0 Å². The van der Waals surface area contributed by atoms with Crippen LogP contribution in [0.1, 0.15) is 34.6 Å². The second-order valence-corrected chi connectivity index (χ2v) is 5.40. The molecular weight excluding hydrogens is 222 g/mol. The van der Waals surface area contributed by atoms with Crippen molar-refractivity contribution in [3.8, 4) is 0 Å². The molecule has 0 radical (unpaired) electrons.